The van der Waals surface area contributed by atoms with E-state index in [1.54, 1.807) is 11.1 Å². The van der Waals surface area contributed by atoms with E-state index in [0.717, 1.165) is 0 Å². The van der Waals surface area contributed by atoms with E-state index in [1.165, 1.54) is 38.9 Å². The number of fused-ring (bicyclic) bond motifs is 1. The molecule has 1 heterocycles. The van der Waals surface area contributed by atoms with Crippen LogP contribution in [0.3, 0.4) is 0 Å². The van der Waals surface area contributed by atoms with Crippen LogP contribution in [0.1, 0.15) is 24.5 Å². The monoisotopic (exact) mass is 232 g/mol. The predicted octanol–water partition coefficient (Wildman–Crippen LogP) is 2.09. The summed E-state index contributed by atoms with van der Waals surface area (Å²) in [6, 6.07) is 9.53. The van der Waals surface area contributed by atoms with Gasteiger partial charge in [-0.3, -0.25) is 0 Å². The zero-order valence-electron chi connectivity index (χ0n) is 11.1. The van der Waals surface area contributed by atoms with Crippen LogP contribution in [0.15, 0.2) is 24.3 Å². The van der Waals surface area contributed by atoms with E-state index >= 15 is 0 Å². The summed E-state index contributed by atoms with van der Waals surface area (Å²) in [7, 11) is 2.07. The molecule has 2 nitrogen and oxygen atoms in total. The van der Waals surface area contributed by atoms with Crippen molar-refractivity contribution in [3.05, 3.63) is 35.4 Å². The van der Waals surface area contributed by atoms with Crippen LogP contribution in [0.5, 0.6) is 0 Å². The maximum Gasteiger partial charge on any atom is 0.0189 e. The highest BCUT2D eigenvalue weighted by atomic mass is 15.1. The highest BCUT2D eigenvalue weighted by Crippen LogP contribution is 2.15. The van der Waals surface area contributed by atoms with Gasteiger partial charge in [0.25, 0.3) is 0 Å². The molecule has 1 aliphatic rings. The van der Waals surface area contributed by atoms with Crippen LogP contribution in [0.4, 0.5) is 0 Å². The smallest absolute Gasteiger partial charge is 0.0189 e. The fourth-order valence-corrected chi connectivity index (χ4v) is 2.63. The van der Waals surface area contributed by atoms with Gasteiger partial charge in [0.05, 0.1) is 0 Å². The van der Waals surface area contributed by atoms with Crippen molar-refractivity contribution in [3.8, 4) is 0 Å². The molecule has 0 bridgehead atoms. The Bertz CT molecular complexity index is 318. The normalized spacial score (nSPS) is 18.5. The molecule has 2 heteroatoms. The maximum absolute atomic E-state index is 3.40. The summed E-state index contributed by atoms with van der Waals surface area (Å²) in [4.78, 5) is 2.60. The average molecular weight is 232 g/mol. The predicted molar refractivity (Wildman–Crippen MR) is 73.4 cm³/mol. The quantitative estimate of drug-likeness (QED) is 0.855. The van der Waals surface area contributed by atoms with Gasteiger partial charge < -0.3 is 10.2 Å². The molecule has 0 radical (unpaired) electrons. The van der Waals surface area contributed by atoms with Gasteiger partial charge in [-0.15, -0.1) is 0 Å². The molecule has 0 saturated heterocycles. The summed E-state index contributed by atoms with van der Waals surface area (Å²) in [5.41, 5.74) is 3.10. The standard InChI is InChI=1S/C15H24N2/c1-3-15(16-2)12-17-10-8-13-6-4-5-7-14(13)9-11-17/h4-7,15-16H,3,8-12H2,1-2H3. The largest absolute Gasteiger partial charge is 0.316 e. The number of rotatable bonds is 4. The van der Waals surface area contributed by atoms with E-state index in [2.05, 4.69) is 48.5 Å². The molecular weight excluding hydrogens is 208 g/mol. The first-order chi connectivity index (χ1) is 8.33. The highest BCUT2D eigenvalue weighted by Gasteiger charge is 2.15. The van der Waals surface area contributed by atoms with E-state index in [4.69, 9.17) is 0 Å². The highest BCUT2D eigenvalue weighted by molar-refractivity contribution is 5.28. The SMILES string of the molecule is CCC(CN1CCc2ccccc2CC1)NC. The van der Waals surface area contributed by atoms with Gasteiger partial charge in [0.15, 0.2) is 0 Å². The minimum Gasteiger partial charge on any atom is -0.316 e. The fraction of sp³-hybridized carbons (Fsp3) is 0.600. The van der Waals surface area contributed by atoms with E-state index in [9.17, 15) is 0 Å². The summed E-state index contributed by atoms with van der Waals surface area (Å²) in [5.74, 6) is 0. The molecule has 17 heavy (non-hydrogen) atoms. The van der Waals surface area contributed by atoms with Crippen molar-refractivity contribution < 1.29 is 0 Å². The molecule has 0 aliphatic carbocycles. The summed E-state index contributed by atoms with van der Waals surface area (Å²) < 4.78 is 0. The first-order valence-electron chi connectivity index (χ1n) is 6.80. The van der Waals surface area contributed by atoms with Gasteiger partial charge in [0.2, 0.25) is 0 Å². The van der Waals surface area contributed by atoms with Gasteiger partial charge >= 0.3 is 0 Å². The molecular formula is C15H24N2. The topological polar surface area (TPSA) is 15.3 Å². The fourth-order valence-electron chi connectivity index (χ4n) is 2.63. The molecule has 0 spiro atoms. The molecule has 1 aromatic rings. The van der Waals surface area contributed by atoms with Crippen molar-refractivity contribution in [2.24, 2.45) is 0 Å². The zero-order valence-corrected chi connectivity index (χ0v) is 11.1. The second-order valence-electron chi connectivity index (χ2n) is 4.96. The van der Waals surface area contributed by atoms with Gasteiger partial charge in [0.1, 0.15) is 0 Å². The van der Waals surface area contributed by atoms with Gasteiger partial charge in [-0.2, -0.15) is 0 Å². The van der Waals surface area contributed by atoms with Crippen LogP contribution in [0, 0.1) is 0 Å². The Morgan fingerprint density at radius 3 is 2.24 bits per heavy atom. The number of nitrogens with one attached hydrogen (secondary N) is 1. The Morgan fingerprint density at radius 2 is 1.76 bits per heavy atom. The lowest BCUT2D eigenvalue weighted by Gasteiger charge is -2.25. The molecule has 2 rings (SSSR count). The van der Waals surface area contributed by atoms with Crippen LogP contribution in [0.2, 0.25) is 0 Å². The molecule has 94 valence electrons. The van der Waals surface area contributed by atoms with Gasteiger partial charge in [-0.1, -0.05) is 31.2 Å². The Kier molecular flexibility index (Phi) is 4.57. The molecule has 0 saturated carbocycles. The van der Waals surface area contributed by atoms with E-state index < -0.39 is 0 Å². The third kappa shape index (κ3) is 3.30. The van der Waals surface area contributed by atoms with Crippen molar-refractivity contribution in [2.45, 2.75) is 32.2 Å². The van der Waals surface area contributed by atoms with E-state index in [-0.39, 0.29) is 0 Å². The molecule has 0 aromatic heterocycles. The Labute approximate surface area is 105 Å². The van der Waals surface area contributed by atoms with Crippen molar-refractivity contribution in [3.63, 3.8) is 0 Å². The second-order valence-corrected chi connectivity index (χ2v) is 4.96. The van der Waals surface area contributed by atoms with Crippen molar-refractivity contribution in [2.75, 3.05) is 26.7 Å². The minimum atomic E-state index is 0.635. The minimum absolute atomic E-state index is 0.635. The van der Waals surface area contributed by atoms with Gasteiger partial charge in [-0.05, 0) is 37.4 Å². The summed E-state index contributed by atoms with van der Waals surface area (Å²) >= 11 is 0. The second kappa shape index (κ2) is 6.18. The van der Waals surface area contributed by atoms with Crippen molar-refractivity contribution >= 4 is 0 Å². The zero-order chi connectivity index (χ0) is 12.1. The van der Waals surface area contributed by atoms with Crippen molar-refractivity contribution in [1.29, 1.82) is 0 Å². The lowest BCUT2D eigenvalue weighted by Crippen LogP contribution is -2.40. The molecule has 1 N–H and O–H groups in total. The Morgan fingerprint density at radius 1 is 1.18 bits per heavy atom. The molecule has 1 atom stereocenters. The van der Waals surface area contributed by atoms with Crippen LogP contribution < -0.4 is 5.32 Å². The molecule has 1 aliphatic heterocycles. The van der Waals surface area contributed by atoms with Gasteiger partial charge in [-0.25, -0.2) is 0 Å². The van der Waals surface area contributed by atoms with Crippen molar-refractivity contribution in [1.82, 2.24) is 10.2 Å². The molecule has 1 unspecified atom stereocenters. The molecule has 1 aromatic carbocycles. The number of nitrogens with zero attached hydrogens (tertiary/aromatic N) is 1. The summed E-state index contributed by atoms with van der Waals surface area (Å²) in [6.07, 6.45) is 3.62. The first kappa shape index (κ1) is 12.6. The average Bonchev–Trinajstić information content (AvgIpc) is 2.58. The number of likely N-dealkylation sites (N-methyl/N-ethyl adjacent to an activating group) is 1. The third-order valence-electron chi connectivity index (χ3n) is 3.89. The number of hydrogen-bond donors (Lipinski definition) is 1. The van der Waals surface area contributed by atoms with Crippen LogP contribution in [0.25, 0.3) is 0 Å². The summed E-state index contributed by atoms with van der Waals surface area (Å²) in [5, 5.41) is 3.40. The Hall–Kier alpha value is -0.860. The van der Waals surface area contributed by atoms with Crippen LogP contribution in [-0.2, 0) is 12.8 Å². The number of benzene rings is 1. The third-order valence-corrected chi connectivity index (χ3v) is 3.89. The Balaban J connectivity index is 1.95. The lowest BCUT2D eigenvalue weighted by atomic mass is 10.0. The summed E-state index contributed by atoms with van der Waals surface area (Å²) in [6.45, 7) is 5.85. The molecule has 0 amide bonds. The first-order valence-corrected chi connectivity index (χ1v) is 6.80. The lowest BCUT2D eigenvalue weighted by molar-refractivity contribution is 0.253. The number of hydrogen-bond acceptors (Lipinski definition) is 2. The van der Waals surface area contributed by atoms with Crippen LogP contribution in [-0.4, -0.2) is 37.6 Å². The van der Waals surface area contributed by atoms with Crippen LogP contribution >= 0.6 is 0 Å². The van der Waals surface area contributed by atoms with E-state index in [1.807, 2.05) is 0 Å². The maximum atomic E-state index is 3.40. The van der Waals surface area contributed by atoms with E-state index in [0.29, 0.717) is 6.04 Å². The molecule has 0 fully saturated rings. The van der Waals surface area contributed by atoms with Gasteiger partial charge in [0, 0.05) is 25.7 Å².